The summed E-state index contributed by atoms with van der Waals surface area (Å²) in [6, 6.07) is 7.34. The third-order valence-electron chi connectivity index (χ3n) is 5.37. The summed E-state index contributed by atoms with van der Waals surface area (Å²) in [6.07, 6.45) is 12.6. The number of benzene rings is 1. The van der Waals surface area contributed by atoms with E-state index in [0.717, 1.165) is 54.9 Å². The molecule has 1 fully saturated rings. The average Bonchev–Trinajstić information content (AvgIpc) is 3.01. The zero-order valence-electron chi connectivity index (χ0n) is 14.9. The molecule has 4 rings (SSSR count). The van der Waals surface area contributed by atoms with Crippen LogP contribution in [-0.4, -0.2) is 25.9 Å². The van der Waals surface area contributed by atoms with Gasteiger partial charge in [0.2, 0.25) is 5.95 Å². The lowest BCUT2D eigenvalue weighted by atomic mass is 9.79. The van der Waals surface area contributed by atoms with Crippen LogP contribution in [0, 0.1) is 12.3 Å². The fourth-order valence-electron chi connectivity index (χ4n) is 4.02. The minimum Gasteiger partial charge on any atom is -0.385 e. The summed E-state index contributed by atoms with van der Waals surface area (Å²) < 4.78 is 1.73. The van der Waals surface area contributed by atoms with Crippen molar-refractivity contribution < 1.29 is 9.90 Å². The van der Waals surface area contributed by atoms with Gasteiger partial charge in [-0.3, -0.25) is 9.36 Å². The third-order valence-corrected chi connectivity index (χ3v) is 5.37. The number of fused-ring (bicyclic) bond motifs is 1. The molecule has 2 heterocycles. The van der Waals surface area contributed by atoms with E-state index < -0.39 is 5.60 Å². The van der Waals surface area contributed by atoms with Crippen LogP contribution in [0.2, 0.25) is 0 Å². The first-order valence-electron chi connectivity index (χ1n) is 8.99. The summed E-state index contributed by atoms with van der Waals surface area (Å²) in [4.78, 5) is 19.9. The number of aldehydes is 1. The van der Waals surface area contributed by atoms with Crippen LogP contribution in [0.1, 0.15) is 53.7 Å². The van der Waals surface area contributed by atoms with E-state index in [4.69, 9.17) is 12.2 Å². The molecule has 1 aromatic carbocycles. The van der Waals surface area contributed by atoms with Crippen LogP contribution in [0.5, 0.6) is 0 Å². The van der Waals surface area contributed by atoms with Crippen LogP contribution < -0.4 is 5.73 Å². The number of terminal acetylenes is 1. The van der Waals surface area contributed by atoms with Gasteiger partial charge >= 0.3 is 0 Å². The van der Waals surface area contributed by atoms with E-state index in [1.807, 2.05) is 18.2 Å². The SMILES string of the molecule is C#Cc1c(C=O)c2ccc(C3(O)CCCCC3)cc2n1-c1ccnc(N)n1. The second kappa shape index (κ2) is 6.53. The highest BCUT2D eigenvalue weighted by Gasteiger charge is 2.32. The zero-order chi connectivity index (χ0) is 19.0. The van der Waals surface area contributed by atoms with E-state index in [1.54, 1.807) is 16.8 Å². The Labute approximate surface area is 157 Å². The maximum Gasteiger partial charge on any atom is 0.221 e. The van der Waals surface area contributed by atoms with Gasteiger partial charge < -0.3 is 10.8 Å². The number of hydrogen-bond donors (Lipinski definition) is 2. The topological polar surface area (TPSA) is 94.0 Å². The zero-order valence-corrected chi connectivity index (χ0v) is 14.9. The van der Waals surface area contributed by atoms with Crippen LogP contribution in [0.3, 0.4) is 0 Å². The molecule has 6 heteroatoms. The van der Waals surface area contributed by atoms with Crippen LogP contribution >= 0.6 is 0 Å². The number of carbonyl (C=O) groups is 1. The second-order valence-electron chi connectivity index (χ2n) is 6.96. The average molecular weight is 360 g/mol. The van der Waals surface area contributed by atoms with E-state index in [-0.39, 0.29) is 5.95 Å². The van der Waals surface area contributed by atoms with E-state index in [0.29, 0.717) is 17.1 Å². The summed E-state index contributed by atoms with van der Waals surface area (Å²) in [5.41, 5.74) is 7.27. The van der Waals surface area contributed by atoms with Gasteiger partial charge in [0, 0.05) is 11.6 Å². The van der Waals surface area contributed by atoms with Crippen molar-refractivity contribution in [1.29, 1.82) is 0 Å². The molecule has 0 bridgehead atoms. The molecule has 0 radical (unpaired) electrons. The van der Waals surface area contributed by atoms with Crippen molar-refractivity contribution in [2.75, 3.05) is 5.73 Å². The number of rotatable bonds is 3. The van der Waals surface area contributed by atoms with E-state index >= 15 is 0 Å². The van der Waals surface area contributed by atoms with Crippen molar-refractivity contribution in [3.05, 3.63) is 47.3 Å². The highest BCUT2D eigenvalue weighted by molar-refractivity contribution is 6.01. The van der Waals surface area contributed by atoms with Crippen LogP contribution in [0.15, 0.2) is 30.5 Å². The van der Waals surface area contributed by atoms with Gasteiger partial charge in [-0.1, -0.05) is 37.3 Å². The van der Waals surface area contributed by atoms with Gasteiger partial charge in [0.1, 0.15) is 11.5 Å². The molecule has 0 spiro atoms. The molecule has 0 saturated heterocycles. The summed E-state index contributed by atoms with van der Waals surface area (Å²) in [5.74, 6) is 3.20. The Morgan fingerprint density at radius 1 is 1.26 bits per heavy atom. The Kier molecular flexibility index (Phi) is 4.17. The summed E-state index contributed by atoms with van der Waals surface area (Å²) in [5, 5.41) is 11.9. The molecular weight excluding hydrogens is 340 g/mol. The Morgan fingerprint density at radius 3 is 2.70 bits per heavy atom. The number of hydrogen-bond acceptors (Lipinski definition) is 5. The number of aliphatic hydroxyl groups is 1. The lowest BCUT2D eigenvalue weighted by molar-refractivity contribution is -0.000526. The van der Waals surface area contributed by atoms with Crippen LogP contribution in [0.25, 0.3) is 16.7 Å². The number of nitrogens with two attached hydrogens (primary N) is 1. The molecular formula is C21H20N4O2. The molecule has 136 valence electrons. The summed E-state index contributed by atoms with van der Waals surface area (Å²) in [6.45, 7) is 0. The number of aromatic nitrogens is 3. The molecule has 27 heavy (non-hydrogen) atoms. The standard InChI is InChI=1S/C21H20N4O2/c1-2-17-16(13-26)15-7-6-14(21(27)9-4-3-5-10-21)12-18(15)25(17)19-8-11-23-20(22)24-19/h1,6-8,11-13,27H,3-5,9-10H2,(H2,22,23,24). The first-order valence-corrected chi connectivity index (χ1v) is 8.99. The van der Waals surface area contributed by atoms with Gasteiger partial charge in [0.25, 0.3) is 0 Å². The Bertz CT molecular complexity index is 1070. The van der Waals surface area contributed by atoms with Crippen LogP contribution in [-0.2, 0) is 5.60 Å². The molecule has 6 nitrogen and oxygen atoms in total. The first-order chi connectivity index (χ1) is 13.1. The Hall–Kier alpha value is -3.17. The Balaban J connectivity index is 2.01. The third kappa shape index (κ3) is 2.77. The Morgan fingerprint density at radius 2 is 2.04 bits per heavy atom. The van der Waals surface area contributed by atoms with Crippen molar-refractivity contribution in [3.8, 4) is 18.2 Å². The normalized spacial score (nSPS) is 16.1. The molecule has 3 aromatic rings. The molecule has 0 atom stereocenters. The van der Waals surface area contributed by atoms with Gasteiger partial charge in [0.15, 0.2) is 6.29 Å². The molecule has 3 N–H and O–H groups in total. The monoisotopic (exact) mass is 360 g/mol. The smallest absolute Gasteiger partial charge is 0.221 e. The minimum atomic E-state index is -0.857. The largest absolute Gasteiger partial charge is 0.385 e. The maximum absolute atomic E-state index is 11.7. The van der Waals surface area contributed by atoms with Gasteiger partial charge in [-0.25, -0.2) is 4.98 Å². The highest BCUT2D eigenvalue weighted by Crippen LogP contribution is 2.39. The fraction of sp³-hybridized carbons (Fsp3) is 0.286. The number of anilines is 1. The van der Waals surface area contributed by atoms with Crippen molar-refractivity contribution in [2.24, 2.45) is 0 Å². The molecule has 0 amide bonds. The minimum absolute atomic E-state index is 0.118. The first kappa shape index (κ1) is 17.3. The predicted octanol–water partition coefficient (Wildman–Crippen LogP) is 2.95. The molecule has 0 unspecified atom stereocenters. The van der Waals surface area contributed by atoms with E-state index in [1.165, 1.54) is 0 Å². The molecule has 2 aromatic heterocycles. The van der Waals surface area contributed by atoms with Crippen molar-refractivity contribution in [2.45, 2.75) is 37.7 Å². The molecule has 0 aliphatic heterocycles. The summed E-state index contributed by atoms with van der Waals surface area (Å²) >= 11 is 0. The number of nitrogens with zero attached hydrogens (tertiary/aromatic N) is 3. The van der Waals surface area contributed by atoms with Crippen molar-refractivity contribution >= 4 is 23.1 Å². The van der Waals surface area contributed by atoms with Gasteiger partial charge in [-0.05, 0) is 30.5 Å². The van der Waals surface area contributed by atoms with Gasteiger partial charge in [-0.2, -0.15) is 4.98 Å². The second-order valence-corrected chi connectivity index (χ2v) is 6.96. The van der Waals surface area contributed by atoms with Crippen molar-refractivity contribution in [3.63, 3.8) is 0 Å². The van der Waals surface area contributed by atoms with Crippen LogP contribution in [0.4, 0.5) is 5.95 Å². The molecule has 1 aliphatic carbocycles. The fourth-order valence-corrected chi connectivity index (χ4v) is 4.02. The lowest BCUT2D eigenvalue weighted by Gasteiger charge is -2.32. The predicted molar refractivity (Wildman–Crippen MR) is 104 cm³/mol. The van der Waals surface area contributed by atoms with E-state index in [9.17, 15) is 9.90 Å². The maximum atomic E-state index is 11.7. The number of carbonyl (C=O) groups excluding carboxylic acids is 1. The van der Waals surface area contributed by atoms with Gasteiger partial charge in [-0.15, -0.1) is 6.42 Å². The molecule has 1 aliphatic rings. The molecule has 1 saturated carbocycles. The lowest BCUT2D eigenvalue weighted by Crippen LogP contribution is -2.28. The van der Waals surface area contributed by atoms with E-state index in [2.05, 4.69) is 15.9 Å². The number of nitrogen functional groups attached to an aromatic ring is 1. The van der Waals surface area contributed by atoms with Crippen molar-refractivity contribution in [1.82, 2.24) is 14.5 Å². The highest BCUT2D eigenvalue weighted by atomic mass is 16.3. The quantitative estimate of drug-likeness (QED) is 0.553. The van der Waals surface area contributed by atoms with Gasteiger partial charge in [0.05, 0.1) is 16.7 Å². The summed E-state index contributed by atoms with van der Waals surface area (Å²) in [7, 11) is 0.